The lowest BCUT2D eigenvalue weighted by Crippen LogP contribution is -2.32. The molecule has 2 aromatic rings. The number of nitrogens with zero attached hydrogens (tertiary/aromatic N) is 2. The van der Waals surface area contributed by atoms with Crippen molar-refractivity contribution in [3.8, 4) is 6.07 Å². The summed E-state index contributed by atoms with van der Waals surface area (Å²) in [4.78, 5) is 14.2. The quantitative estimate of drug-likeness (QED) is 0.770. The van der Waals surface area contributed by atoms with E-state index < -0.39 is 0 Å². The summed E-state index contributed by atoms with van der Waals surface area (Å²) in [5, 5.41) is 8.86. The largest absolute Gasteiger partial charge is 0.333 e. The number of amides is 1. The van der Waals surface area contributed by atoms with E-state index in [0.717, 1.165) is 5.56 Å². The average Bonchev–Trinajstić information content (AvgIpc) is 2.60. The number of hydrogen-bond donors (Lipinski definition) is 0. The summed E-state index contributed by atoms with van der Waals surface area (Å²) in [6.07, 6.45) is 3.07. The summed E-state index contributed by atoms with van der Waals surface area (Å²) in [6.45, 7) is 4.40. The molecule has 2 aromatic carbocycles. The number of carbonyl (C=O) groups is 1. The van der Waals surface area contributed by atoms with E-state index in [1.807, 2.05) is 26.0 Å². The van der Waals surface area contributed by atoms with Gasteiger partial charge in [-0.2, -0.15) is 5.26 Å². The molecular formula is C20H19FN2O. The molecule has 1 unspecified atom stereocenters. The molecule has 0 saturated heterocycles. The molecule has 0 aliphatic heterocycles. The van der Waals surface area contributed by atoms with Crippen LogP contribution in [0.3, 0.4) is 0 Å². The van der Waals surface area contributed by atoms with Crippen LogP contribution in [0.4, 0.5) is 4.39 Å². The molecule has 0 heterocycles. The third-order valence-corrected chi connectivity index (χ3v) is 3.88. The van der Waals surface area contributed by atoms with Gasteiger partial charge < -0.3 is 4.90 Å². The summed E-state index contributed by atoms with van der Waals surface area (Å²) in [6, 6.07) is 15.3. The van der Waals surface area contributed by atoms with Crippen molar-refractivity contribution in [2.75, 3.05) is 6.54 Å². The maximum atomic E-state index is 13.2. The molecule has 0 aliphatic carbocycles. The van der Waals surface area contributed by atoms with Crippen molar-refractivity contribution < 1.29 is 9.18 Å². The Morgan fingerprint density at radius 2 is 2.00 bits per heavy atom. The molecule has 0 aliphatic rings. The highest BCUT2D eigenvalue weighted by atomic mass is 19.1. The second kappa shape index (κ2) is 8.07. The standard InChI is InChI=1S/C20H19FN2O/c1-3-23(15(2)18-10-7-17(14-22)8-11-18)20(24)12-9-16-5-4-6-19(21)13-16/h4-13,15H,3H2,1-2H3/b12-9+. The van der Waals surface area contributed by atoms with Crippen LogP contribution in [-0.4, -0.2) is 17.4 Å². The van der Waals surface area contributed by atoms with Crippen molar-refractivity contribution in [2.45, 2.75) is 19.9 Å². The van der Waals surface area contributed by atoms with Crippen molar-refractivity contribution >= 4 is 12.0 Å². The fraction of sp³-hybridized carbons (Fsp3) is 0.200. The van der Waals surface area contributed by atoms with Crippen LogP contribution in [0.15, 0.2) is 54.6 Å². The fourth-order valence-corrected chi connectivity index (χ4v) is 2.51. The second-order valence-corrected chi connectivity index (χ2v) is 5.42. The zero-order valence-corrected chi connectivity index (χ0v) is 13.7. The molecule has 122 valence electrons. The minimum Gasteiger partial charge on any atom is -0.333 e. The number of likely N-dealkylation sites (N-methyl/N-ethyl adjacent to an activating group) is 1. The average molecular weight is 322 g/mol. The predicted octanol–water partition coefficient (Wildman–Crippen LogP) is 4.32. The number of nitriles is 1. The van der Waals surface area contributed by atoms with Gasteiger partial charge in [-0.1, -0.05) is 24.3 Å². The lowest BCUT2D eigenvalue weighted by atomic mass is 10.0. The summed E-state index contributed by atoms with van der Waals surface area (Å²) >= 11 is 0. The number of carbonyl (C=O) groups excluding carboxylic acids is 1. The van der Waals surface area contributed by atoms with E-state index in [2.05, 4.69) is 6.07 Å². The minimum absolute atomic E-state index is 0.118. The second-order valence-electron chi connectivity index (χ2n) is 5.42. The molecule has 0 bridgehead atoms. The van der Waals surface area contributed by atoms with Gasteiger partial charge in [-0.25, -0.2) is 4.39 Å². The van der Waals surface area contributed by atoms with E-state index in [1.165, 1.54) is 18.2 Å². The summed E-state index contributed by atoms with van der Waals surface area (Å²) in [5.74, 6) is -0.471. The Bertz CT molecular complexity index is 775. The lowest BCUT2D eigenvalue weighted by molar-refractivity contribution is -0.127. The Balaban J connectivity index is 2.14. The van der Waals surface area contributed by atoms with Gasteiger partial charge in [-0.15, -0.1) is 0 Å². The first-order valence-electron chi connectivity index (χ1n) is 7.79. The highest BCUT2D eigenvalue weighted by Gasteiger charge is 2.17. The van der Waals surface area contributed by atoms with Gasteiger partial charge in [0.1, 0.15) is 5.82 Å². The van der Waals surface area contributed by atoms with E-state index in [1.54, 1.807) is 35.2 Å². The normalized spacial score (nSPS) is 11.9. The molecule has 1 amide bonds. The van der Waals surface area contributed by atoms with Crippen LogP contribution >= 0.6 is 0 Å². The molecular weight excluding hydrogens is 303 g/mol. The third-order valence-electron chi connectivity index (χ3n) is 3.88. The van der Waals surface area contributed by atoms with Crippen LogP contribution < -0.4 is 0 Å². The zero-order valence-electron chi connectivity index (χ0n) is 13.7. The number of hydrogen-bond acceptors (Lipinski definition) is 2. The number of benzene rings is 2. The van der Waals surface area contributed by atoms with Crippen molar-refractivity contribution in [2.24, 2.45) is 0 Å². The Labute approximate surface area is 141 Å². The first-order chi connectivity index (χ1) is 11.5. The van der Waals surface area contributed by atoms with Gasteiger partial charge >= 0.3 is 0 Å². The van der Waals surface area contributed by atoms with Gasteiger partial charge in [0.05, 0.1) is 17.7 Å². The summed E-state index contributed by atoms with van der Waals surface area (Å²) in [7, 11) is 0. The maximum Gasteiger partial charge on any atom is 0.247 e. The van der Waals surface area contributed by atoms with E-state index in [9.17, 15) is 9.18 Å². The molecule has 24 heavy (non-hydrogen) atoms. The van der Waals surface area contributed by atoms with Crippen LogP contribution in [0.5, 0.6) is 0 Å². The van der Waals surface area contributed by atoms with Gasteiger partial charge in [0, 0.05) is 12.6 Å². The van der Waals surface area contributed by atoms with Crippen LogP contribution in [0, 0.1) is 17.1 Å². The SMILES string of the molecule is CCN(C(=O)/C=C/c1cccc(F)c1)C(C)c1ccc(C#N)cc1. The molecule has 4 heteroatoms. The van der Waals surface area contributed by atoms with Crippen molar-refractivity contribution in [3.63, 3.8) is 0 Å². The lowest BCUT2D eigenvalue weighted by Gasteiger charge is -2.27. The van der Waals surface area contributed by atoms with E-state index >= 15 is 0 Å². The third kappa shape index (κ3) is 4.30. The molecule has 1 atom stereocenters. The van der Waals surface area contributed by atoms with Crippen LogP contribution in [0.2, 0.25) is 0 Å². The Morgan fingerprint density at radius 1 is 1.29 bits per heavy atom. The smallest absolute Gasteiger partial charge is 0.247 e. The fourth-order valence-electron chi connectivity index (χ4n) is 2.51. The molecule has 0 saturated carbocycles. The molecule has 0 radical (unpaired) electrons. The van der Waals surface area contributed by atoms with Crippen molar-refractivity contribution in [1.29, 1.82) is 5.26 Å². The Kier molecular flexibility index (Phi) is 5.86. The monoisotopic (exact) mass is 322 g/mol. The summed E-state index contributed by atoms with van der Waals surface area (Å²) < 4.78 is 13.2. The van der Waals surface area contributed by atoms with Gasteiger partial charge in [-0.3, -0.25) is 4.79 Å². The highest BCUT2D eigenvalue weighted by molar-refractivity contribution is 5.92. The van der Waals surface area contributed by atoms with E-state index in [0.29, 0.717) is 17.7 Å². The van der Waals surface area contributed by atoms with E-state index in [-0.39, 0.29) is 17.8 Å². The molecule has 0 N–H and O–H groups in total. The minimum atomic E-state index is -0.331. The Morgan fingerprint density at radius 3 is 2.58 bits per heavy atom. The van der Waals surface area contributed by atoms with Crippen LogP contribution in [-0.2, 0) is 4.79 Å². The van der Waals surface area contributed by atoms with Crippen LogP contribution in [0.1, 0.15) is 36.6 Å². The van der Waals surface area contributed by atoms with E-state index in [4.69, 9.17) is 5.26 Å². The van der Waals surface area contributed by atoms with Crippen molar-refractivity contribution in [1.82, 2.24) is 4.90 Å². The number of halogens is 1. The Hall–Kier alpha value is -2.93. The molecule has 0 fully saturated rings. The topological polar surface area (TPSA) is 44.1 Å². The first kappa shape index (κ1) is 17.4. The van der Waals surface area contributed by atoms with Crippen LogP contribution in [0.25, 0.3) is 6.08 Å². The summed E-state index contributed by atoms with van der Waals surface area (Å²) in [5.41, 5.74) is 2.19. The van der Waals surface area contributed by atoms with Gasteiger partial charge in [0.2, 0.25) is 5.91 Å². The number of rotatable bonds is 5. The molecule has 2 rings (SSSR count). The molecule has 3 nitrogen and oxygen atoms in total. The predicted molar refractivity (Wildman–Crippen MR) is 92.4 cm³/mol. The van der Waals surface area contributed by atoms with Crippen molar-refractivity contribution in [3.05, 3.63) is 77.1 Å². The zero-order chi connectivity index (χ0) is 17.5. The van der Waals surface area contributed by atoms with Gasteiger partial charge in [-0.05, 0) is 55.3 Å². The van der Waals surface area contributed by atoms with Gasteiger partial charge in [0.15, 0.2) is 0 Å². The highest BCUT2D eigenvalue weighted by Crippen LogP contribution is 2.21. The molecule has 0 aromatic heterocycles. The van der Waals surface area contributed by atoms with Gasteiger partial charge in [0.25, 0.3) is 0 Å². The molecule has 0 spiro atoms. The maximum absolute atomic E-state index is 13.2. The first-order valence-corrected chi connectivity index (χ1v) is 7.79.